The fourth-order valence-corrected chi connectivity index (χ4v) is 6.50. The number of halogens is 2. The second-order valence-electron chi connectivity index (χ2n) is 13.3. The van der Waals surface area contributed by atoms with Crippen LogP contribution in [0.4, 0.5) is 22.7 Å². The van der Waals surface area contributed by atoms with E-state index in [9.17, 15) is 38.4 Å². The maximum absolute atomic E-state index is 13.5. The molecule has 58 heavy (non-hydrogen) atoms. The minimum atomic E-state index is -0.505. The number of alkyl halides is 2. The molecule has 0 aromatic heterocycles. The summed E-state index contributed by atoms with van der Waals surface area (Å²) < 4.78 is 0. The monoisotopic (exact) mass is 826 g/mol. The third-order valence-corrected chi connectivity index (χ3v) is 9.88. The second-order valence-corrected chi connectivity index (χ2v) is 13.9. The fourth-order valence-electron chi connectivity index (χ4n) is 6.36. The van der Waals surface area contributed by atoms with Gasteiger partial charge in [-0.15, -0.1) is 23.2 Å². The Morgan fingerprint density at radius 1 is 0.448 bits per heavy atom. The largest absolute Gasteiger partial charge is 0.324 e. The van der Waals surface area contributed by atoms with Crippen molar-refractivity contribution in [1.82, 2.24) is 9.80 Å². The minimum absolute atomic E-state index is 0.0658. The van der Waals surface area contributed by atoms with Gasteiger partial charge in [0.05, 0.1) is 58.1 Å². The first kappa shape index (κ1) is 43.1. The quantitative estimate of drug-likeness (QED) is 0.121. The summed E-state index contributed by atoms with van der Waals surface area (Å²) in [5.41, 5.74) is 2.19. The van der Waals surface area contributed by atoms with E-state index < -0.39 is 23.4 Å². The van der Waals surface area contributed by atoms with Crippen molar-refractivity contribution in [1.29, 1.82) is 0 Å². The Morgan fingerprint density at radius 3 is 0.948 bits per heavy atom. The van der Waals surface area contributed by atoms with Crippen LogP contribution in [0.3, 0.4) is 0 Å². The molecule has 0 atom stereocenters. The predicted octanol–water partition coefficient (Wildman–Crippen LogP) is 5.06. The van der Waals surface area contributed by atoms with Crippen LogP contribution >= 0.6 is 23.2 Å². The Hall–Kier alpha value is -6.06. The van der Waals surface area contributed by atoms with Gasteiger partial charge in [0.2, 0.25) is 23.6 Å². The molecule has 16 heteroatoms. The van der Waals surface area contributed by atoms with E-state index in [-0.39, 0.29) is 115 Å². The Labute approximate surface area is 344 Å². The topological polar surface area (TPSA) is 191 Å². The molecule has 4 N–H and O–H groups in total. The zero-order valence-corrected chi connectivity index (χ0v) is 33.6. The highest BCUT2D eigenvalue weighted by Crippen LogP contribution is 2.37. The van der Waals surface area contributed by atoms with Crippen molar-refractivity contribution in [2.45, 2.75) is 13.8 Å². The molecule has 2 aliphatic carbocycles. The van der Waals surface area contributed by atoms with E-state index in [2.05, 4.69) is 21.3 Å². The SMILES string of the molecule is CCN(C)CC(=O)Nc1cccc2c1C(=O)c1c(NC(=O)CN(C)CC)cccc1C2=O.O=C(CCl)Nc1cccc2c1C(=O)c1c(NC(=O)CCl)cccc1C2=O. The van der Waals surface area contributed by atoms with Crippen molar-refractivity contribution in [3.63, 3.8) is 0 Å². The number of rotatable bonds is 12. The normalized spacial score (nSPS) is 12.4. The molecule has 0 heterocycles. The van der Waals surface area contributed by atoms with Gasteiger partial charge in [0.1, 0.15) is 11.8 Å². The Balaban J connectivity index is 0.000000226. The number of nitrogens with one attached hydrogen (secondary N) is 4. The summed E-state index contributed by atoms with van der Waals surface area (Å²) in [6.45, 7) is 5.58. The zero-order valence-electron chi connectivity index (χ0n) is 32.1. The zero-order chi connectivity index (χ0) is 42.3. The van der Waals surface area contributed by atoms with E-state index in [1.165, 1.54) is 24.3 Å². The molecule has 6 rings (SSSR count). The Morgan fingerprint density at radius 2 is 0.707 bits per heavy atom. The van der Waals surface area contributed by atoms with Gasteiger partial charge < -0.3 is 21.3 Å². The van der Waals surface area contributed by atoms with E-state index in [4.69, 9.17) is 23.2 Å². The first-order valence-corrected chi connectivity index (χ1v) is 19.2. The van der Waals surface area contributed by atoms with Gasteiger partial charge in [0.15, 0.2) is 23.1 Å². The number of anilines is 4. The van der Waals surface area contributed by atoms with E-state index >= 15 is 0 Å². The number of nitrogens with zero attached hydrogens (tertiary/aromatic N) is 2. The molecule has 0 saturated carbocycles. The molecule has 0 fully saturated rings. The molecule has 0 saturated heterocycles. The predicted molar refractivity (Wildman–Crippen MR) is 222 cm³/mol. The number of hydrogen-bond donors (Lipinski definition) is 4. The summed E-state index contributed by atoms with van der Waals surface area (Å²) in [6.07, 6.45) is 0. The highest BCUT2D eigenvalue weighted by Gasteiger charge is 2.36. The molecule has 14 nitrogen and oxygen atoms in total. The molecular weight excluding hydrogens is 787 g/mol. The molecule has 0 bridgehead atoms. The van der Waals surface area contributed by atoms with Gasteiger partial charge in [-0.3, -0.25) is 48.2 Å². The second kappa shape index (κ2) is 18.9. The van der Waals surface area contributed by atoms with Gasteiger partial charge in [-0.25, -0.2) is 0 Å². The molecule has 0 aliphatic heterocycles. The molecule has 2 aliphatic rings. The number of amides is 4. The van der Waals surface area contributed by atoms with Gasteiger partial charge >= 0.3 is 0 Å². The lowest BCUT2D eigenvalue weighted by molar-refractivity contribution is -0.117. The lowest BCUT2D eigenvalue weighted by Gasteiger charge is -2.23. The lowest BCUT2D eigenvalue weighted by Crippen LogP contribution is -2.32. The van der Waals surface area contributed by atoms with Crippen LogP contribution in [0.5, 0.6) is 0 Å². The Kier molecular flexibility index (Phi) is 14.1. The molecule has 4 amide bonds. The summed E-state index contributed by atoms with van der Waals surface area (Å²) in [7, 11) is 3.63. The molecule has 0 unspecified atom stereocenters. The van der Waals surface area contributed by atoms with Crippen molar-refractivity contribution in [2.24, 2.45) is 0 Å². The molecule has 0 radical (unpaired) electrons. The molecule has 300 valence electrons. The van der Waals surface area contributed by atoms with E-state index in [1.54, 1.807) is 48.5 Å². The van der Waals surface area contributed by atoms with Crippen LogP contribution in [0.2, 0.25) is 0 Å². The molecule has 0 spiro atoms. The van der Waals surface area contributed by atoms with E-state index in [0.717, 1.165) is 0 Å². The van der Waals surface area contributed by atoms with Crippen LogP contribution in [0.1, 0.15) is 77.5 Å². The maximum atomic E-state index is 13.5. The van der Waals surface area contributed by atoms with Crippen molar-refractivity contribution in [3.8, 4) is 0 Å². The highest BCUT2D eigenvalue weighted by molar-refractivity contribution is 6.35. The number of hydrogen-bond acceptors (Lipinski definition) is 10. The average Bonchev–Trinajstić information content (AvgIpc) is 3.21. The standard InChI is InChI=1S/C24H28N4O4.C18H12Cl2N2O4/c1-5-27(3)13-19(29)25-17-11-7-9-15-21(17)24(32)22-16(23(15)31)10-8-12-18(22)26-20(30)14-28(4)6-2;19-7-13(23)21-11-5-1-3-9-15(11)18(26)16-10(17(9)25)4-2-6-12(16)22-14(24)8-20/h7-12H,5-6,13-14H2,1-4H3,(H,25,29)(H,26,30);1-6H,7-8H2,(H,21,23)(H,22,24). The number of likely N-dealkylation sites (N-methyl/N-ethyl adjacent to an activating group) is 2. The van der Waals surface area contributed by atoms with Gasteiger partial charge in [-0.2, -0.15) is 0 Å². The van der Waals surface area contributed by atoms with Crippen LogP contribution in [-0.2, 0) is 19.2 Å². The molecular formula is C42H40Cl2N6O8. The summed E-state index contributed by atoms with van der Waals surface area (Å²) >= 11 is 11.0. The lowest BCUT2D eigenvalue weighted by atomic mass is 9.82. The van der Waals surface area contributed by atoms with Gasteiger partial charge in [0, 0.05) is 22.3 Å². The average molecular weight is 828 g/mol. The van der Waals surface area contributed by atoms with Gasteiger partial charge in [-0.05, 0) is 51.5 Å². The molecule has 4 aromatic carbocycles. The van der Waals surface area contributed by atoms with Crippen LogP contribution in [0.15, 0.2) is 72.8 Å². The van der Waals surface area contributed by atoms with Crippen molar-refractivity contribution in [2.75, 3.05) is 73.3 Å². The summed E-state index contributed by atoms with van der Waals surface area (Å²) in [5.74, 6) is -3.74. The van der Waals surface area contributed by atoms with Crippen molar-refractivity contribution >= 4 is 92.7 Å². The van der Waals surface area contributed by atoms with Crippen molar-refractivity contribution < 1.29 is 38.4 Å². The van der Waals surface area contributed by atoms with Crippen LogP contribution in [0, 0.1) is 0 Å². The van der Waals surface area contributed by atoms with Gasteiger partial charge in [-0.1, -0.05) is 62.4 Å². The number of carbonyl (C=O) groups is 8. The van der Waals surface area contributed by atoms with Crippen LogP contribution in [-0.4, -0.2) is 109 Å². The third-order valence-electron chi connectivity index (χ3n) is 9.39. The first-order chi connectivity index (χ1) is 27.7. The van der Waals surface area contributed by atoms with Gasteiger partial charge in [0.25, 0.3) is 0 Å². The number of fused-ring (bicyclic) bond motifs is 4. The van der Waals surface area contributed by atoms with E-state index in [0.29, 0.717) is 13.1 Å². The summed E-state index contributed by atoms with van der Waals surface area (Å²) in [6, 6.07) is 18.8. The maximum Gasteiger partial charge on any atom is 0.239 e. The molecule has 4 aromatic rings. The van der Waals surface area contributed by atoms with E-state index in [1.807, 2.05) is 37.7 Å². The van der Waals surface area contributed by atoms with Crippen LogP contribution in [0.25, 0.3) is 0 Å². The smallest absolute Gasteiger partial charge is 0.239 e. The highest BCUT2D eigenvalue weighted by atomic mass is 35.5. The Bertz CT molecular complexity index is 2210. The summed E-state index contributed by atoms with van der Waals surface area (Å²) in [5, 5.41) is 10.6. The van der Waals surface area contributed by atoms with Crippen LogP contribution < -0.4 is 21.3 Å². The minimum Gasteiger partial charge on any atom is -0.324 e. The first-order valence-electron chi connectivity index (χ1n) is 18.1. The number of ketones is 4. The summed E-state index contributed by atoms with van der Waals surface area (Å²) in [4.78, 5) is 104. The van der Waals surface area contributed by atoms with Crippen molar-refractivity contribution in [3.05, 3.63) is 117 Å². The number of carbonyl (C=O) groups excluding carboxylic acids is 8. The fraction of sp³-hybridized carbons (Fsp3) is 0.238. The third kappa shape index (κ3) is 9.21. The number of benzene rings is 4.